The normalized spacial score (nSPS) is 10.9. The molecular weight excluding hydrogens is 262 g/mol. The Kier molecular flexibility index (Phi) is 5.43. The van der Waals surface area contributed by atoms with Gasteiger partial charge in [0.1, 0.15) is 11.4 Å². The third kappa shape index (κ3) is 4.28. The molecule has 0 radical (unpaired) electrons. The predicted octanol–water partition coefficient (Wildman–Crippen LogP) is 3.82. The highest BCUT2D eigenvalue weighted by Gasteiger charge is 2.22. The van der Waals surface area contributed by atoms with Crippen LogP contribution in [0.4, 0.5) is 0 Å². The first-order valence-electron chi connectivity index (χ1n) is 6.28. The van der Waals surface area contributed by atoms with Crippen molar-refractivity contribution in [2.45, 2.75) is 32.8 Å². The molecule has 0 bridgehead atoms. The van der Waals surface area contributed by atoms with Crippen LogP contribution in [-0.2, 0) is 0 Å². The Morgan fingerprint density at radius 1 is 1.53 bits per heavy atom. The number of rotatable bonds is 6. The van der Waals surface area contributed by atoms with Gasteiger partial charge in [-0.15, -0.1) is 6.58 Å². The van der Waals surface area contributed by atoms with Gasteiger partial charge in [-0.1, -0.05) is 30.7 Å². The quantitative estimate of drug-likeness (QED) is 0.805. The van der Waals surface area contributed by atoms with Gasteiger partial charge in [0, 0.05) is 6.54 Å². The Labute approximate surface area is 119 Å². The van der Waals surface area contributed by atoms with Crippen LogP contribution >= 0.6 is 11.6 Å². The molecule has 0 spiro atoms. The standard InChI is InChI=1S/C15H20ClNO2/c1-5-10-17-14(18)13-11(16)8-7-9-12(13)19-15(3,4)6-2/h5,7-9H,1,6,10H2,2-4H3,(H,17,18). The van der Waals surface area contributed by atoms with E-state index in [-0.39, 0.29) is 11.5 Å². The monoisotopic (exact) mass is 281 g/mol. The average Bonchev–Trinajstić information content (AvgIpc) is 2.35. The SMILES string of the molecule is C=CCNC(=O)c1c(Cl)cccc1OC(C)(C)CC. The van der Waals surface area contributed by atoms with Crippen molar-refractivity contribution in [3.63, 3.8) is 0 Å². The van der Waals surface area contributed by atoms with Gasteiger partial charge in [-0.2, -0.15) is 0 Å². The van der Waals surface area contributed by atoms with E-state index in [0.717, 1.165) is 6.42 Å². The zero-order valence-electron chi connectivity index (χ0n) is 11.6. The van der Waals surface area contributed by atoms with Crippen molar-refractivity contribution >= 4 is 17.5 Å². The van der Waals surface area contributed by atoms with Gasteiger partial charge in [0.2, 0.25) is 0 Å². The molecule has 0 aliphatic carbocycles. The maximum absolute atomic E-state index is 12.1. The summed E-state index contributed by atoms with van der Waals surface area (Å²) < 4.78 is 5.89. The van der Waals surface area contributed by atoms with Crippen molar-refractivity contribution < 1.29 is 9.53 Å². The number of hydrogen-bond donors (Lipinski definition) is 1. The number of hydrogen-bond acceptors (Lipinski definition) is 2. The Hall–Kier alpha value is -1.48. The number of ether oxygens (including phenoxy) is 1. The fraction of sp³-hybridized carbons (Fsp3) is 0.400. The molecule has 1 N–H and O–H groups in total. The van der Waals surface area contributed by atoms with E-state index in [1.807, 2.05) is 20.8 Å². The Balaban J connectivity index is 3.08. The zero-order valence-corrected chi connectivity index (χ0v) is 12.4. The molecule has 104 valence electrons. The topological polar surface area (TPSA) is 38.3 Å². The Morgan fingerprint density at radius 3 is 2.79 bits per heavy atom. The number of nitrogens with one attached hydrogen (secondary N) is 1. The molecule has 3 nitrogen and oxygen atoms in total. The van der Waals surface area contributed by atoms with E-state index in [4.69, 9.17) is 16.3 Å². The summed E-state index contributed by atoms with van der Waals surface area (Å²) in [4.78, 5) is 12.1. The molecule has 4 heteroatoms. The summed E-state index contributed by atoms with van der Waals surface area (Å²) in [6.45, 7) is 9.93. The van der Waals surface area contributed by atoms with Gasteiger partial charge < -0.3 is 10.1 Å². The highest BCUT2D eigenvalue weighted by atomic mass is 35.5. The lowest BCUT2D eigenvalue weighted by atomic mass is 10.1. The number of amides is 1. The van der Waals surface area contributed by atoms with Gasteiger partial charge in [-0.05, 0) is 32.4 Å². The summed E-state index contributed by atoms with van der Waals surface area (Å²) in [5.74, 6) is 0.244. The lowest BCUT2D eigenvalue weighted by Crippen LogP contribution is -2.30. The Bertz CT molecular complexity index is 469. The summed E-state index contributed by atoms with van der Waals surface area (Å²) in [6.07, 6.45) is 2.44. The molecule has 1 amide bonds. The molecule has 0 heterocycles. The molecule has 0 aromatic heterocycles. The minimum absolute atomic E-state index is 0.257. The molecule has 0 saturated carbocycles. The lowest BCUT2D eigenvalue weighted by Gasteiger charge is -2.26. The third-order valence-corrected chi connectivity index (χ3v) is 3.16. The molecule has 1 rings (SSSR count). The second kappa shape index (κ2) is 6.62. The van der Waals surface area contributed by atoms with Crippen molar-refractivity contribution in [2.75, 3.05) is 6.54 Å². The van der Waals surface area contributed by atoms with Crippen LogP contribution in [0, 0.1) is 0 Å². The summed E-state index contributed by atoms with van der Waals surface area (Å²) in [6, 6.07) is 5.20. The minimum atomic E-state index is -0.349. The van der Waals surface area contributed by atoms with Crippen molar-refractivity contribution in [1.82, 2.24) is 5.32 Å². The van der Waals surface area contributed by atoms with E-state index in [2.05, 4.69) is 11.9 Å². The summed E-state index contributed by atoms with van der Waals surface area (Å²) in [5.41, 5.74) is 0.0190. The van der Waals surface area contributed by atoms with Gasteiger partial charge in [0.05, 0.1) is 10.6 Å². The van der Waals surface area contributed by atoms with E-state index in [1.165, 1.54) is 0 Å². The first kappa shape index (κ1) is 15.6. The molecule has 0 unspecified atom stereocenters. The molecule has 0 saturated heterocycles. The second-order valence-electron chi connectivity index (χ2n) is 4.83. The first-order chi connectivity index (χ1) is 8.91. The van der Waals surface area contributed by atoms with Crippen LogP contribution in [0.3, 0.4) is 0 Å². The maximum atomic E-state index is 12.1. The highest BCUT2D eigenvalue weighted by molar-refractivity contribution is 6.34. The molecule has 0 aliphatic heterocycles. The van der Waals surface area contributed by atoms with Crippen molar-refractivity contribution in [1.29, 1.82) is 0 Å². The van der Waals surface area contributed by atoms with Crippen LogP contribution in [0.25, 0.3) is 0 Å². The molecule has 1 aromatic carbocycles. The van der Waals surface area contributed by atoms with E-state index in [1.54, 1.807) is 24.3 Å². The highest BCUT2D eigenvalue weighted by Crippen LogP contribution is 2.30. The van der Waals surface area contributed by atoms with Gasteiger partial charge in [-0.25, -0.2) is 0 Å². The van der Waals surface area contributed by atoms with Crippen LogP contribution in [0.15, 0.2) is 30.9 Å². The summed E-state index contributed by atoms with van der Waals surface area (Å²) >= 11 is 6.11. The summed E-state index contributed by atoms with van der Waals surface area (Å²) in [5, 5.41) is 3.09. The van der Waals surface area contributed by atoms with Gasteiger partial charge in [-0.3, -0.25) is 4.79 Å². The smallest absolute Gasteiger partial charge is 0.256 e. The van der Waals surface area contributed by atoms with Crippen LogP contribution in [-0.4, -0.2) is 18.1 Å². The molecule has 0 aliphatic rings. The largest absolute Gasteiger partial charge is 0.487 e. The van der Waals surface area contributed by atoms with E-state index in [9.17, 15) is 4.79 Å². The van der Waals surface area contributed by atoms with Gasteiger partial charge in [0.15, 0.2) is 0 Å². The first-order valence-corrected chi connectivity index (χ1v) is 6.65. The third-order valence-electron chi connectivity index (χ3n) is 2.85. The van der Waals surface area contributed by atoms with E-state index >= 15 is 0 Å². The molecule has 19 heavy (non-hydrogen) atoms. The molecule has 0 fully saturated rings. The zero-order chi connectivity index (χ0) is 14.5. The average molecular weight is 282 g/mol. The fourth-order valence-corrected chi connectivity index (χ4v) is 1.68. The van der Waals surface area contributed by atoms with E-state index < -0.39 is 0 Å². The number of halogens is 1. The molecule has 1 aromatic rings. The van der Waals surface area contributed by atoms with Crippen LogP contribution in [0.1, 0.15) is 37.6 Å². The maximum Gasteiger partial charge on any atom is 0.256 e. The number of benzene rings is 1. The Morgan fingerprint density at radius 2 is 2.21 bits per heavy atom. The van der Waals surface area contributed by atoms with Crippen LogP contribution < -0.4 is 10.1 Å². The van der Waals surface area contributed by atoms with E-state index in [0.29, 0.717) is 22.9 Å². The predicted molar refractivity (Wildman–Crippen MR) is 79.0 cm³/mol. The molecule has 0 atom stereocenters. The number of carbonyl (C=O) groups excluding carboxylic acids is 1. The van der Waals surface area contributed by atoms with Crippen LogP contribution in [0.2, 0.25) is 5.02 Å². The second-order valence-corrected chi connectivity index (χ2v) is 5.23. The lowest BCUT2D eigenvalue weighted by molar-refractivity contribution is 0.0907. The fourth-order valence-electron chi connectivity index (χ4n) is 1.43. The van der Waals surface area contributed by atoms with Gasteiger partial charge in [0.25, 0.3) is 5.91 Å². The van der Waals surface area contributed by atoms with Crippen LogP contribution in [0.5, 0.6) is 5.75 Å². The molecular formula is C15H20ClNO2. The summed E-state index contributed by atoms with van der Waals surface area (Å²) in [7, 11) is 0. The van der Waals surface area contributed by atoms with Crippen molar-refractivity contribution in [2.24, 2.45) is 0 Å². The van der Waals surface area contributed by atoms with Crippen molar-refractivity contribution in [3.8, 4) is 5.75 Å². The van der Waals surface area contributed by atoms with Crippen molar-refractivity contribution in [3.05, 3.63) is 41.4 Å². The minimum Gasteiger partial charge on any atom is -0.487 e. The number of carbonyl (C=O) groups is 1. The van der Waals surface area contributed by atoms with Gasteiger partial charge >= 0.3 is 0 Å².